The number of halogens is 1. The van der Waals surface area contributed by atoms with Crippen LogP contribution in [0.1, 0.15) is 18.5 Å². The standard InChI is InChI=1S/C24H24FN5O3/c1-16(17-2-4-18(25)5-3-17)29-8-10-30(11-9-29)22-13-24(27-15-26-22)33-19-6-7-21-20(12-19)28-23(31)14-32-21/h2-7,12-13,15-16H,8-11,14H2,1H3,(H,28,31)/t16-/m0/s1. The van der Waals surface area contributed by atoms with Gasteiger partial charge in [-0.3, -0.25) is 9.69 Å². The highest BCUT2D eigenvalue weighted by atomic mass is 19.1. The molecule has 1 saturated heterocycles. The van der Waals surface area contributed by atoms with Gasteiger partial charge >= 0.3 is 0 Å². The topological polar surface area (TPSA) is 79.8 Å². The second-order valence-corrected chi connectivity index (χ2v) is 8.06. The lowest BCUT2D eigenvalue weighted by Crippen LogP contribution is -2.47. The third kappa shape index (κ3) is 4.73. The molecular weight excluding hydrogens is 425 g/mol. The van der Waals surface area contributed by atoms with Crippen LogP contribution in [0.2, 0.25) is 0 Å². The average Bonchev–Trinajstić information content (AvgIpc) is 2.84. The van der Waals surface area contributed by atoms with Gasteiger partial charge in [0, 0.05) is 44.4 Å². The number of aromatic nitrogens is 2. The maximum atomic E-state index is 13.2. The highest BCUT2D eigenvalue weighted by Gasteiger charge is 2.23. The Morgan fingerprint density at radius 3 is 2.64 bits per heavy atom. The van der Waals surface area contributed by atoms with E-state index < -0.39 is 0 Å². The van der Waals surface area contributed by atoms with Gasteiger partial charge in [0.2, 0.25) is 5.88 Å². The van der Waals surface area contributed by atoms with Gasteiger partial charge in [-0.2, -0.15) is 0 Å². The molecule has 9 heteroatoms. The molecule has 0 bridgehead atoms. The van der Waals surface area contributed by atoms with Crippen LogP contribution in [-0.2, 0) is 4.79 Å². The van der Waals surface area contributed by atoms with Gasteiger partial charge < -0.3 is 19.7 Å². The fourth-order valence-corrected chi connectivity index (χ4v) is 4.10. The van der Waals surface area contributed by atoms with Crippen molar-refractivity contribution < 1.29 is 18.7 Å². The second-order valence-electron chi connectivity index (χ2n) is 8.06. The summed E-state index contributed by atoms with van der Waals surface area (Å²) in [6, 6.07) is 14.0. The lowest BCUT2D eigenvalue weighted by Gasteiger charge is -2.38. The first-order valence-corrected chi connectivity index (χ1v) is 10.9. The number of nitrogens with one attached hydrogen (secondary N) is 1. The van der Waals surface area contributed by atoms with Gasteiger partial charge in [-0.25, -0.2) is 14.4 Å². The predicted molar refractivity (Wildman–Crippen MR) is 121 cm³/mol. The summed E-state index contributed by atoms with van der Waals surface area (Å²) < 4.78 is 24.5. The Balaban J connectivity index is 1.22. The van der Waals surface area contributed by atoms with Crippen molar-refractivity contribution in [3.63, 3.8) is 0 Å². The molecule has 1 N–H and O–H groups in total. The summed E-state index contributed by atoms with van der Waals surface area (Å²) in [7, 11) is 0. The van der Waals surface area contributed by atoms with Gasteiger partial charge in [0.15, 0.2) is 6.61 Å². The van der Waals surface area contributed by atoms with Gasteiger partial charge in [0.05, 0.1) is 5.69 Å². The molecular formula is C24H24FN5O3. The molecule has 0 unspecified atom stereocenters. The summed E-state index contributed by atoms with van der Waals surface area (Å²) in [6.45, 7) is 5.50. The largest absolute Gasteiger partial charge is 0.482 e. The average molecular weight is 449 g/mol. The van der Waals surface area contributed by atoms with E-state index in [9.17, 15) is 9.18 Å². The number of rotatable bonds is 5. The van der Waals surface area contributed by atoms with Crippen molar-refractivity contribution in [2.24, 2.45) is 0 Å². The van der Waals surface area contributed by atoms with Crippen LogP contribution in [0.25, 0.3) is 0 Å². The molecule has 0 radical (unpaired) electrons. The van der Waals surface area contributed by atoms with Crippen molar-refractivity contribution in [3.05, 3.63) is 66.2 Å². The molecule has 8 nitrogen and oxygen atoms in total. The van der Waals surface area contributed by atoms with E-state index in [2.05, 4.69) is 32.0 Å². The molecule has 2 aliphatic heterocycles. The van der Waals surface area contributed by atoms with Crippen LogP contribution in [0.3, 0.4) is 0 Å². The van der Waals surface area contributed by atoms with E-state index in [1.807, 2.05) is 18.2 Å². The van der Waals surface area contributed by atoms with Crippen molar-refractivity contribution in [1.29, 1.82) is 0 Å². The number of hydrogen-bond acceptors (Lipinski definition) is 7. The van der Waals surface area contributed by atoms with Crippen LogP contribution in [-0.4, -0.2) is 53.6 Å². The van der Waals surface area contributed by atoms with Crippen LogP contribution in [0, 0.1) is 5.82 Å². The molecule has 2 aromatic carbocycles. The number of nitrogens with zero attached hydrogens (tertiary/aromatic N) is 4. The number of hydrogen-bond donors (Lipinski definition) is 1. The molecule has 3 aromatic rings. The number of benzene rings is 2. The van der Waals surface area contributed by atoms with Gasteiger partial charge in [-0.15, -0.1) is 0 Å². The van der Waals surface area contributed by atoms with Gasteiger partial charge in [0.25, 0.3) is 5.91 Å². The SMILES string of the molecule is C[C@@H](c1ccc(F)cc1)N1CCN(c2cc(Oc3ccc4c(c3)NC(=O)CO4)ncn2)CC1. The normalized spacial score (nSPS) is 17.0. The summed E-state index contributed by atoms with van der Waals surface area (Å²) in [5.74, 6) is 1.96. The summed E-state index contributed by atoms with van der Waals surface area (Å²) in [6.07, 6.45) is 1.49. The van der Waals surface area contributed by atoms with Crippen LogP contribution in [0.5, 0.6) is 17.4 Å². The first-order chi connectivity index (χ1) is 16.0. The molecule has 33 heavy (non-hydrogen) atoms. The minimum Gasteiger partial charge on any atom is -0.482 e. The zero-order valence-electron chi connectivity index (χ0n) is 18.2. The lowest BCUT2D eigenvalue weighted by atomic mass is 10.1. The Hall–Kier alpha value is -3.72. The van der Waals surface area contributed by atoms with Crippen molar-refractivity contribution in [1.82, 2.24) is 14.9 Å². The van der Waals surface area contributed by atoms with E-state index >= 15 is 0 Å². The van der Waals surface area contributed by atoms with Crippen molar-refractivity contribution in [3.8, 4) is 17.4 Å². The zero-order valence-corrected chi connectivity index (χ0v) is 18.2. The Morgan fingerprint density at radius 1 is 1.06 bits per heavy atom. The van der Waals surface area contributed by atoms with Crippen LogP contribution < -0.4 is 19.7 Å². The van der Waals surface area contributed by atoms with Gasteiger partial charge in [-0.05, 0) is 36.8 Å². The van der Waals surface area contributed by atoms with Crippen LogP contribution in [0.15, 0.2) is 54.9 Å². The van der Waals surface area contributed by atoms with Crippen molar-refractivity contribution >= 4 is 17.4 Å². The molecule has 3 heterocycles. The number of anilines is 2. The van der Waals surface area contributed by atoms with Crippen molar-refractivity contribution in [2.45, 2.75) is 13.0 Å². The molecule has 0 saturated carbocycles. The Kier molecular flexibility index (Phi) is 5.78. The molecule has 5 rings (SSSR count). The number of carbonyl (C=O) groups is 1. The molecule has 2 aliphatic rings. The maximum absolute atomic E-state index is 13.2. The van der Waals surface area contributed by atoms with E-state index in [4.69, 9.17) is 9.47 Å². The molecule has 1 amide bonds. The van der Waals surface area contributed by atoms with E-state index in [-0.39, 0.29) is 24.4 Å². The van der Waals surface area contributed by atoms with Crippen LogP contribution >= 0.6 is 0 Å². The Bertz CT molecular complexity index is 1150. The quantitative estimate of drug-likeness (QED) is 0.637. The predicted octanol–water partition coefficient (Wildman–Crippen LogP) is 3.62. The monoisotopic (exact) mass is 449 g/mol. The van der Waals surface area contributed by atoms with E-state index in [1.165, 1.54) is 18.5 Å². The third-order valence-corrected chi connectivity index (χ3v) is 5.97. The van der Waals surface area contributed by atoms with E-state index in [0.29, 0.717) is 23.1 Å². The molecule has 170 valence electrons. The summed E-state index contributed by atoms with van der Waals surface area (Å²) in [5, 5.41) is 2.77. The summed E-state index contributed by atoms with van der Waals surface area (Å²) in [5.41, 5.74) is 1.68. The highest BCUT2D eigenvalue weighted by Crippen LogP contribution is 2.33. The van der Waals surface area contributed by atoms with Gasteiger partial charge in [-0.1, -0.05) is 12.1 Å². The van der Waals surface area contributed by atoms with Crippen molar-refractivity contribution in [2.75, 3.05) is 43.0 Å². The second kappa shape index (κ2) is 9.03. The number of ether oxygens (including phenoxy) is 2. The molecule has 1 aromatic heterocycles. The van der Waals surface area contributed by atoms with E-state index in [1.54, 1.807) is 18.2 Å². The number of amides is 1. The number of fused-ring (bicyclic) bond motifs is 1. The maximum Gasteiger partial charge on any atom is 0.262 e. The minimum absolute atomic E-state index is 0.0123. The zero-order chi connectivity index (χ0) is 22.8. The fraction of sp³-hybridized carbons (Fsp3) is 0.292. The van der Waals surface area contributed by atoms with Crippen LogP contribution in [0.4, 0.5) is 15.9 Å². The smallest absolute Gasteiger partial charge is 0.262 e. The number of piperazine rings is 1. The molecule has 0 aliphatic carbocycles. The van der Waals surface area contributed by atoms with E-state index in [0.717, 1.165) is 37.6 Å². The number of carbonyl (C=O) groups excluding carboxylic acids is 1. The third-order valence-electron chi connectivity index (χ3n) is 5.97. The van der Waals surface area contributed by atoms with Gasteiger partial charge in [0.1, 0.15) is 29.5 Å². The fourth-order valence-electron chi connectivity index (χ4n) is 4.10. The lowest BCUT2D eigenvalue weighted by molar-refractivity contribution is -0.118. The Morgan fingerprint density at radius 2 is 1.85 bits per heavy atom. The highest BCUT2D eigenvalue weighted by molar-refractivity contribution is 5.95. The minimum atomic E-state index is -0.217. The molecule has 0 spiro atoms. The molecule has 1 fully saturated rings. The first-order valence-electron chi connectivity index (χ1n) is 10.9. The Labute approximate surface area is 191 Å². The first kappa shape index (κ1) is 21.1. The summed E-state index contributed by atoms with van der Waals surface area (Å²) >= 11 is 0. The molecule has 1 atom stereocenters. The summed E-state index contributed by atoms with van der Waals surface area (Å²) in [4.78, 5) is 24.8.